The second-order valence-corrected chi connectivity index (χ2v) is 6.55. The molecule has 1 aliphatic rings. The summed E-state index contributed by atoms with van der Waals surface area (Å²) >= 11 is 0. The van der Waals surface area contributed by atoms with Gasteiger partial charge in [0.2, 0.25) is 5.91 Å². The first kappa shape index (κ1) is 16.1. The number of likely N-dealkylation sites (N-methyl/N-ethyl adjacent to an activating group) is 1. The van der Waals surface area contributed by atoms with Crippen molar-refractivity contribution in [2.75, 3.05) is 7.05 Å². The predicted octanol–water partition coefficient (Wildman–Crippen LogP) is 2.74. The van der Waals surface area contributed by atoms with Crippen LogP contribution in [0.2, 0.25) is 0 Å². The Labute approximate surface area is 140 Å². The molecule has 3 rings (SSSR count). The summed E-state index contributed by atoms with van der Waals surface area (Å²) in [6, 6.07) is 5.97. The van der Waals surface area contributed by atoms with E-state index in [1.165, 1.54) is 12.1 Å². The minimum Gasteiger partial charge on any atom is -0.340 e. The van der Waals surface area contributed by atoms with E-state index in [1.54, 1.807) is 29.4 Å². The maximum atomic E-state index is 12.9. The van der Waals surface area contributed by atoms with Gasteiger partial charge in [0, 0.05) is 30.5 Å². The van der Waals surface area contributed by atoms with Crippen molar-refractivity contribution in [2.45, 2.75) is 31.7 Å². The van der Waals surface area contributed by atoms with E-state index in [-0.39, 0.29) is 23.2 Å². The smallest absolute Gasteiger partial charge is 0.233 e. The van der Waals surface area contributed by atoms with Crippen LogP contribution in [0.5, 0.6) is 0 Å². The van der Waals surface area contributed by atoms with Gasteiger partial charge in [-0.05, 0) is 44.5 Å². The van der Waals surface area contributed by atoms with Crippen molar-refractivity contribution < 1.29 is 9.18 Å². The largest absolute Gasteiger partial charge is 0.340 e. The van der Waals surface area contributed by atoms with Gasteiger partial charge in [0.05, 0.1) is 5.56 Å². The van der Waals surface area contributed by atoms with Gasteiger partial charge in [-0.25, -0.2) is 14.4 Å². The standard InChI is InChI=1S/C19H18FN3O/c1-19(2)10-16(18(24)23(19)3)17-21-11-14(12-22-17)5-4-13-6-8-15(20)9-7-13/h6-9,11-12,16H,10H2,1-3H3. The lowest BCUT2D eigenvalue weighted by Crippen LogP contribution is -2.37. The first-order valence-electron chi connectivity index (χ1n) is 7.74. The van der Waals surface area contributed by atoms with Crippen molar-refractivity contribution in [1.82, 2.24) is 14.9 Å². The summed E-state index contributed by atoms with van der Waals surface area (Å²) in [4.78, 5) is 22.7. The van der Waals surface area contributed by atoms with Gasteiger partial charge in [-0.3, -0.25) is 4.79 Å². The Morgan fingerprint density at radius 2 is 1.71 bits per heavy atom. The Morgan fingerprint density at radius 3 is 2.25 bits per heavy atom. The lowest BCUT2D eigenvalue weighted by Gasteiger charge is -2.26. The van der Waals surface area contributed by atoms with Gasteiger partial charge in [0.15, 0.2) is 0 Å². The van der Waals surface area contributed by atoms with Crippen LogP contribution in [0.3, 0.4) is 0 Å². The van der Waals surface area contributed by atoms with E-state index in [4.69, 9.17) is 0 Å². The van der Waals surface area contributed by atoms with Gasteiger partial charge in [0.1, 0.15) is 17.6 Å². The highest BCUT2D eigenvalue weighted by Gasteiger charge is 2.44. The molecule has 0 radical (unpaired) electrons. The number of amides is 1. The van der Waals surface area contributed by atoms with E-state index >= 15 is 0 Å². The fourth-order valence-corrected chi connectivity index (χ4v) is 2.72. The molecule has 1 aliphatic heterocycles. The SMILES string of the molecule is CN1C(=O)C(c2ncc(C#Cc3ccc(F)cc3)cn2)CC1(C)C. The van der Waals surface area contributed by atoms with Gasteiger partial charge < -0.3 is 4.90 Å². The maximum Gasteiger partial charge on any atom is 0.233 e. The van der Waals surface area contributed by atoms with Crippen molar-refractivity contribution >= 4 is 5.91 Å². The second kappa shape index (κ2) is 6.04. The third kappa shape index (κ3) is 3.13. The third-order valence-corrected chi connectivity index (χ3v) is 4.42. The highest BCUT2D eigenvalue weighted by Crippen LogP contribution is 2.36. The highest BCUT2D eigenvalue weighted by molar-refractivity contribution is 5.85. The van der Waals surface area contributed by atoms with E-state index in [9.17, 15) is 9.18 Å². The molecule has 1 fully saturated rings. The Balaban J connectivity index is 1.77. The summed E-state index contributed by atoms with van der Waals surface area (Å²) in [7, 11) is 1.81. The number of rotatable bonds is 1. The van der Waals surface area contributed by atoms with Crippen LogP contribution >= 0.6 is 0 Å². The van der Waals surface area contributed by atoms with E-state index in [2.05, 4.69) is 21.8 Å². The maximum absolute atomic E-state index is 12.9. The predicted molar refractivity (Wildman–Crippen MR) is 88.6 cm³/mol. The Kier molecular flexibility index (Phi) is 4.06. The number of hydrogen-bond donors (Lipinski definition) is 0. The highest BCUT2D eigenvalue weighted by atomic mass is 19.1. The van der Waals surface area contributed by atoms with Crippen LogP contribution in [0.25, 0.3) is 0 Å². The van der Waals surface area contributed by atoms with E-state index in [0.29, 0.717) is 17.8 Å². The number of hydrogen-bond acceptors (Lipinski definition) is 3. The fraction of sp³-hybridized carbons (Fsp3) is 0.316. The third-order valence-electron chi connectivity index (χ3n) is 4.42. The molecule has 1 atom stereocenters. The molecule has 1 unspecified atom stereocenters. The molecule has 2 heterocycles. The number of halogens is 1. The van der Waals surface area contributed by atoms with Crippen LogP contribution in [0, 0.1) is 17.7 Å². The first-order chi connectivity index (χ1) is 11.4. The molecule has 0 N–H and O–H groups in total. The van der Waals surface area contributed by atoms with Crippen LogP contribution < -0.4 is 0 Å². The topological polar surface area (TPSA) is 46.1 Å². The quantitative estimate of drug-likeness (QED) is 0.758. The summed E-state index contributed by atoms with van der Waals surface area (Å²) in [6.45, 7) is 4.07. The van der Waals surface area contributed by atoms with Gasteiger partial charge >= 0.3 is 0 Å². The zero-order chi connectivity index (χ0) is 17.3. The molecule has 24 heavy (non-hydrogen) atoms. The van der Waals surface area contributed by atoms with Gasteiger partial charge in [-0.15, -0.1) is 0 Å². The number of aromatic nitrogens is 2. The van der Waals surface area contributed by atoms with Crippen molar-refractivity contribution in [3.8, 4) is 11.8 Å². The summed E-state index contributed by atoms with van der Waals surface area (Å²) in [5.41, 5.74) is 1.18. The van der Waals surface area contributed by atoms with E-state index in [1.807, 2.05) is 20.9 Å². The number of carbonyl (C=O) groups is 1. The molecule has 122 valence electrons. The van der Waals surface area contributed by atoms with Crippen LogP contribution in [0.1, 0.15) is 43.1 Å². The average molecular weight is 323 g/mol. The van der Waals surface area contributed by atoms with Crippen molar-refractivity contribution in [3.63, 3.8) is 0 Å². The zero-order valence-electron chi connectivity index (χ0n) is 13.9. The monoisotopic (exact) mass is 323 g/mol. The molecular weight excluding hydrogens is 305 g/mol. The Morgan fingerprint density at radius 1 is 1.12 bits per heavy atom. The lowest BCUT2D eigenvalue weighted by molar-refractivity contribution is -0.130. The normalized spacial score (nSPS) is 19.1. The number of benzene rings is 1. The Hall–Kier alpha value is -2.74. The van der Waals surface area contributed by atoms with Gasteiger partial charge in [-0.1, -0.05) is 11.8 Å². The molecule has 4 nitrogen and oxygen atoms in total. The molecule has 0 aliphatic carbocycles. The van der Waals surface area contributed by atoms with Crippen LogP contribution in [0.4, 0.5) is 4.39 Å². The Bertz CT molecular complexity index is 816. The zero-order valence-corrected chi connectivity index (χ0v) is 13.9. The molecular formula is C19H18FN3O. The summed E-state index contributed by atoms with van der Waals surface area (Å²) in [5, 5.41) is 0. The van der Waals surface area contributed by atoms with Gasteiger partial charge in [0.25, 0.3) is 0 Å². The van der Waals surface area contributed by atoms with Crippen LogP contribution in [-0.4, -0.2) is 33.4 Å². The van der Waals surface area contributed by atoms with Crippen molar-refractivity contribution in [3.05, 3.63) is 59.4 Å². The molecule has 0 saturated carbocycles. The summed E-state index contributed by atoms with van der Waals surface area (Å²) in [5.74, 6) is 5.86. The molecule has 1 saturated heterocycles. The van der Waals surface area contributed by atoms with Crippen LogP contribution in [-0.2, 0) is 4.79 Å². The molecule has 1 aromatic carbocycles. The molecule has 5 heteroatoms. The summed E-state index contributed by atoms with van der Waals surface area (Å²) < 4.78 is 12.9. The number of likely N-dealkylation sites (tertiary alicyclic amines) is 1. The molecule has 2 aromatic rings. The molecule has 1 amide bonds. The number of nitrogens with zero attached hydrogens (tertiary/aromatic N) is 3. The average Bonchev–Trinajstić information content (AvgIpc) is 2.78. The minimum absolute atomic E-state index is 0.0464. The summed E-state index contributed by atoms with van der Waals surface area (Å²) in [6.07, 6.45) is 3.94. The molecule has 0 spiro atoms. The molecule has 0 bridgehead atoms. The number of carbonyl (C=O) groups excluding carboxylic acids is 1. The van der Waals surface area contributed by atoms with Crippen molar-refractivity contribution in [1.29, 1.82) is 0 Å². The van der Waals surface area contributed by atoms with E-state index in [0.717, 1.165) is 5.56 Å². The first-order valence-corrected chi connectivity index (χ1v) is 7.74. The fourth-order valence-electron chi connectivity index (χ4n) is 2.72. The molecule has 1 aromatic heterocycles. The van der Waals surface area contributed by atoms with Crippen molar-refractivity contribution in [2.24, 2.45) is 0 Å². The minimum atomic E-state index is -0.302. The van der Waals surface area contributed by atoms with Gasteiger partial charge in [-0.2, -0.15) is 0 Å². The second-order valence-electron chi connectivity index (χ2n) is 6.55. The van der Waals surface area contributed by atoms with Crippen LogP contribution in [0.15, 0.2) is 36.7 Å². The lowest BCUT2D eigenvalue weighted by atomic mass is 9.96. The van der Waals surface area contributed by atoms with E-state index < -0.39 is 0 Å².